The summed E-state index contributed by atoms with van der Waals surface area (Å²) in [6.45, 7) is 1.59. The van der Waals surface area contributed by atoms with Crippen molar-refractivity contribution >= 4 is 23.1 Å². The van der Waals surface area contributed by atoms with Crippen LogP contribution in [0.25, 0.3) is 10.7 Å². The Labute approximate surface area is 125 Å². The molecular weight excluding hydrogens is 292 g/mol. The molecule has 1 aliphatic rings. The number of thioether (sulfide) groups is 1. The zero-order valence-corrected chi connectivity index (χ0v) is 12.5. The van der Waals surface area contributed by atoms with Gasteiger partial charge < -0.3 is 4.74 Å². The van der Waals surface area contributed by atoms with Crippen molar-refractivity contribution < 1.29 is 4.74 Å². The van der Waals surface area contributed by atoms with E-state index in [1.807, 2.05) is 17.5 Å². The van der Waals surface area contributed by atoms with Crippen LogP contribution in [-0.4, -0.2) is 33.2 Å². The Kier molecular flexibility index (Phi) is 4.35. The average Bonchev–Trinajstić information content (AvgIpc) is 3.19. The van der Waals surface area contributed by atoms with Crippen molar-refractivity contribution in [2.24, 2.45) is 0 Å². The third-order valence-corrected chi connectivity index (χ3v) is 4.83. The fraction of sp³-hybridized carbons (Fsp3) is 0.462. The first kappa shape index (κ1) is 13.6. The third kappa shape index (κ3) is 2.87. The molecule has 1 aliphatic heterocycles. The maximum atomic E-state index is 8.74. The average molecular weight is 306 g/mol. The summed E-state index contributed by atoms with van der Waals surface area (Å²) in [4.78, 5) is 1.10. The standard InChI is InChI=1S/C13H14N4OS2/c14-5-8-20-13-16-15-12(11-4-2-7-19-11)17(13)9-10-3-1-6-18-10/h2,4,7,10H,1,3,6,8-9H2/t10-/m1/s1. The van der Waals surface area contributed by atoms with E-state index in [1.165, 1.54) is 11.8 Å². The number of hydrogen-bond acceptors (Lipinski definition) is 6. The van der Waals surface area contributed by atoms with Gasteiger partial charge in [0, 0.05) is 6.61 Å². The van der Waals surface area contributed by atoms with Gasteiger partial charge in [-0.25, -0.2) is 0 Å². The lowest BCUT2D eigenvalue weighted by molar-refractivity contribution is 0.0953. The summed E-state index contributed by atoms with van der Waals surface area (Å²) in [6.07, 6.45) is 2.41. The second kappa shape index (κ2) is 6.39. The van der Waals surface area contributed by atoms with Gasteiger partial charge in [-0.1, -0.05) is 17.8 Å². The van der Waals surface area contributed by atoms with Crippen molar-refractivity contribution in [1.82, 2.24) is 14.8 Å². The molecule has 3 heterocycles. The molecule has 0 saturated carbocycles. The van der Waals surface area contributed by atoms with Crippen LogP contribution in [-0.2, 0) is 11.3 Å². The van der Waals surface area contributed by atoms with Crippen LogP contribution < -0.4 is 0 Å². The first-order valence-corrected chi connectivity index (χ1v) is 8.33. The van der Waals surface area contributed by atoms with Crippen LogP contribution in [0.5, 0.6) is 0 Å². The van der Waals surface area contributed by atoms with E-state index in [4.69, 9.17) is 10.00 Å². The molecule has 2 aromatic heterocycles. The highest BCUT2D eigenvalue weighted by Crippen LogP contribution is 2.28. The predicted octanol–water partition coefficient (Wildman–Crippen LogP) is 2.80. The molecule has 5 nitrogen and oxygen atoms in total. The molecule has 7 heteroatoms. The molecule has 0 aromatic carbocycles. The van der Waals surface area contributed by atoms with Gasteiger partial charge in [-0.15, -0.1) is 21.5 Å². The summed E-state index contributed by atoms with van der Waals surface area (Å²) in [5.74, 6) is 1.25. The number of hydrogen-bond donors (Lipinski definition) is 0. The van der Waals surface area contributed by atoms with Crippen LogP contribution in [0, 0.1) is 11.3 Å². The van der Waals surface area contributed by atoms with E-state index in [2.05, 4.69) is 20.8 Å². The number of rotatable bonds is 5. The van der Waals surface area contributed by atoms with Crippen LogP contribution in [0.1, 0.15) is 12.8 Å². The second-order valence-corrected chi connectivity index (χ2v) is 6.37. The molecule has 2 aromatic rings. The number of ether oxygens (including phenoxy) is 1. The molecule has 1 atom stereocenters. The topological polar surface area (TPSA) is 63.7 Å². The minimum absolute atomic E-state index is 0.228. The van der Waals surface area contributed by atoms with E-state index in [1.54, 1.807) is 11.3 Å². The minimum Gasteiger partial charge on any atom is -0.376 e. The lowest BCUT2D eigenvalue weighted by Gasteiger charge is -2.13. The summed E-state index contributed by atoms with van der Waals surface area (Å²) < 4.78 is 7.80. The first-order chi connectivity index (χ1) is 9.88. The van der Waals surface area contributed by atoms with E-state index in [0.717, 1.165) is 41.9 Å². The van der Waals surface area contributed by atoms with Crippen molar-refractivity contribution in [3.8, 4) is 16.8 Å². The van der Waals surface area contributed by atoms with Gasteiger partial charge in [0.05, 0.1) is 29.3 Å². The first-order valence-electron chi connectivity index (χ1n) is 6.47. The zero-order chi connectivity index (χ0) is 13.8. The Balaban J connectivity index is 1.89. The molecule has 20 heavy (non-hydrogen) atoms. The van der Waals surface area contributed by atoms with E-state index in [9.17, 15) is 0 Å². The molecule has 0 amide bonds. The Morgan fingerprint density at radius 2 is 2.50 bits per heavy atom. The highest BCUT2D eigenvalue weighted by atomic mass is 32.2. The summed E-state index contributed by atoms with van der Waals surface area (Å²) >= 11 is 3.07. The molecule has 0 N–H and O–H groups in total. The van der Waals surface area contributed by atoms with E-state index < -0.39 is 0 Å². The summed E-state index contributed by atoms with van der Waals surface area (Å²) in [5, 5.41) is 20.1. The quantitative estimate of drug-likeness (QED) is 0.795. The van der Waals surface area contributed by atoms with Gasteiger partial charge in [0.15, 0.2) is 11.0 Å². The number of nitrogens with zero attached hydrogens (tertiary/aromatic N) is 4. The maximum Gasteiger partial charge on any atom is 0.192 e. The molecule has 0 bridgehead atoms. The predicted molar refractivity (Wildman–Crippen MR) is 78.6 cm³/mol. The Morgan fingerprint density at radius 3 is 3.20 bits per heavy atom. The van der Waals surface area contributed by atoms with Gasteiger partial charge in [0.25, 0.3) is 0 Å². The lowest BCUT2D eigenvalue weighted by Crippen LogP contribution is -2.16. The van der Waals surface area contributed by atoms with Crippen molar-refractivity contribution in [1.29, 1.82) is 5.26 Å². The van der Waals surface area contributed by atoms with Gasteiger partial charge >= 0.3 is 0 Å². The van der Waals surface area contributed by atoms with Crippen LogP contribution >= 0.6 is 23.1 Å². The van der Waals surface area contributed by atoms with E-state index in [0.29, 0.717) is 5.75 Å². The minimum atomic E-state index is 0.228. The highest BCUT2D eigenvalue weighted by molar-refractivity contribution is 7.99. The van der Waals surface area contributed by atoms with Crippen LogP contribution in [0.15, 0.2) is 22.7 Å². The Hall–Kier alpha value is -1.36. The van der Waals surface area contributed by atoms with Gasteiger partial charge in [-0.05, 0) is 24.3 Å². The maximum absolute atomic E-state index is 8.74. The van der Waals surface area contributed by atoms with Crippen molar-refractivity contribution in [2.75, 3.05) is 12.4 Å². The highest BCUT2D eigenvalue weighted by Gasteiger charge is 2.21. The molecule has 0 unspecified atom stereocenters. The summed E-state index contributed by atoms with van der Waals surface area (Å²) in [5.41, 5.74) is 0. The molecule has 104 valence electrons. The van der Waals surface area contributed by atoms with Gasteiger partial charge in [-0.3, -0.25) is 4.57 Å². The van der Waals surface area contributed by atoms with E-state index >= 15 is 0 Å². The molecule has 0 aliphatic carbocycles. The Morgan fingerprint density at radius 1 is 1.55 bits per heavy atom. The van der Waals surface area contributed by atoms with Crippen LogP contribution in [0.2, 0.25) is 0 Å². The van der Waals surface area contributed by atoms with E-state index in [-0.39, 0.29) is 6.10 Å². The molecule has 1 fully saturated rings. The largest absolute Gasteiger partial charge is 0.376 e. The monoisotopic (exact) mass is 306 g/mol. The van der Waals surface area contributed by atoms with Gasteiger partial charge in [-0.2, -0.15) is 5.26 Å². The zero-order valence-electron chi connectivity index (χ0n) is 10.9. The second-order valence-electron chi connectivity index (χ2n) is 4.48. The Bertz CT molecular complexity index is 596. The van der Waals surface area contributed by atoms with Gasteiger partial charge in [0.1, 0.15) is 0 Å². The lowest BCUT2D eigenvalue weighted by atomic mass is 10.2. The summed E-state index contributed by atoms with van der Waals surface area (Å²) in [7, 11) is 0. The third-order valence-electron chi connectivity index (χ3n) is 3.13. The smallest absolute Gasteiger partial charge is 0.192 e. The van der Waals surface area contributed by atoms with Crippen molar-refractivity contribution in [3.63, 3.8) is 0 Å². The normalized spacial score (nSPS) is 18.2. The van der Waals surface area contributed by atoms with Crippen LogP contribution in [0.3, 0.4) is 0 Å². The fourth-order valence-corrected chi connectivity index (χ4v) is 3.56. The molecule has 0 radical (unpaired) electrons. The molecule has 1 saturated heterocycles. The summed E-state index contributed by atoms with van der Waals surface area (Å²) in [6, 6.07) is 6.18. The van der Waals surface area contributed by atoms with Crippen molar-refractivity contribution in [3.05, 3.63) is 17.5 Å². The van der Waals surface area contributed by atoms with Crippen LogP contribution in [0.4, 0.5) is 0 Å². The molecule has 3 rings (SSSR count). The number of nitriles is 1. The fourth-order valence-electron chi connectivity index (χ4n) is 2.24. The van der Waals surface area contributed by atoms with Crippen molar-refractivity contribution in [2.45, 2.75) is 30.6 Å². The molecular formula is C13H14N4OS2. The number of thiophene rings is 1. The number of aromatic nitrogens is 3. The van der Waals surface area contributed by atoms with Gasteiger partial charge in [0.2, 0.25) is 0 Å². The SMILES string of the molecule is N#CCSc1nnc(-c2cccs2)n1C[C@H]1CCCO1. The molecule has 0 spiro atoms.